The van der Waals surface area contributed by atoms with Crippen molar-refractivity contribution in [1.29, 1.82) is 0 Å². The van der Waals surface area contributed by atoms with Crippen LogP contribution in [0.4, 0.5) is 4.39 Å². The lowest BCUT2D eigenvalue weighted by Crippen LogP contribution is -2.45. The third-order valence-corrected chi connectivity index (χ3v) is 4.49. The van der Waals surface area contributed by atoms with Crippen LogP contribution >= 0.6 is 11.8 Å². The van der Waals surface area contributed by atoms with Gasteiger partial charge < -0.3 is 10.5 Å². The SMILES string of the molecule is CCOC(=O)C(CN)(CCCSCC)c1ccccc1F. The second-order valence-corrected chi connectivity index (χ2v) is 6.18. The van der Waals surface area contributed by atoms with E-state index in [0.717, 1.165) is 17.9 Å². The fourth-order valence-corrected chi connectivity index (χ4v) is 3.02. The van der Waals surface area contributed by atoms with Gasteiger partial charge in [0.25, 0.3) is 0 Å². The van der Waals surface area contributed by atoms with Gasteiger partial charge in [-0.2, -0.15) is 11.8 Å². The van der Waals surface area contributed by atoms with E-state index in [9.17, 15) is 9.18 Å². The second-order valence-electron chi connectivity index (χ2n) is 4.79. The number of hydrogen-bond acceptors (Lipinski definition) is 4. The maximum absolute atomic E-state index is 14.2. The van der Waals surface area contributed by atoms with Gasteiger partial charge in [-0.15, -0.1) is 0 Å². The fraction of sp³-hybridized carbons (Fsp3) is 0.562. The van der Waals surface area contributed by atoms with Crippen LogP contribution in [0.15, 0.2) is 24.3 Å². The van der Waals surface area contributed by atoms with E-state index in [1.165, 1.54) is 6.07 Å². The number of benzene rings is 1. The molecule has 0 amide bonds. The maximum Gasteiger partial charge on any atom is 0.317 e. The lowest BCUT2D eigenvalue weighted by atomic mass is 9.76. The van der Waals surface area contributed by atoms with E-state index in [1.807, 2.05) is 0 Å². The smallest absolute Gasteiger partial charge is 0.317 e. The molecule has 0 saturated carbocycles. The zero-order valence-corrected chi connectivity index (χ0v) is 13.5. The van der Waals surface area contributed by atoms with Crippen molar-refractivity contribution >= 4 is 17.7 Å². The molecular weight excluding hydrogens is 289 g/mol. The van der Waals surface area contributed by atoms with Crippen molar-refractivity contribution in [2.45, 2.75) is 32.1 Å². The molecular formula is C16H24FNO2S. The molecule has 0 radical (unpaired) electrons. The molecule has 2 N–H and O–H groups in total. The van der Waals surface area contributed by atoms with Crippen molar-refractivity contribution in [2.24, 2.45) is 5.73 Å². The highest BCUT2D eigenvalue weighted by molar-refractivity contribution is 7.99. The summed E-state index contributed by atoms with van der Waals surface area (Å²) >= 11 is 1.80. The van der Waals surface area contributed by atoms with Gasteiger partial charge in [0.05, 0.1) is 6.61 Å². The monoisotopic (exact) mass is 313 g/mol. The van der Waals surface area contributed by atoms with E-state index in [4.69, 9.17) is 10.5 Å². The minimum absolute atomic E-state index is 0.0452. The summed E-state index contributed by atoms with van der Waals surface area (Å²) < 4.78 is 19.4. The molecule has 0 heterocycles. The highest BCUT2D eigenvalue weighted by Gasteiger charge is 2.41. The Kier molecular flexibility index (Phi) is 7.75. The predicted octanol–water partition coefficient (Wildman–Crippen LogP) is 3.12. The molecule has 1 aromatic rings. The zero-order valence-electron chi connectivity index (χ0n) is 12.7. The van der Waals surface area contributed by atoms with E-state index in [0.29, 0.717) is 12.0 Å². The molecule has 0 aliphatic carbocycles. The number of hydrogen-bond donors (Lipinski definition) is 1. The average Bonchev–Trinajstić information content (AvgIpc) is 2.49. The van der Waals surface area contributed by atoms with E-state index < -0.39 is 17.2 Å². The van der Waals surface area contributed by atoms with Gasteiger partial charge in [0.1, 0.15) is 11.2 Å². The number of carbonyl (C=O) groups excluding carboxylic acids is 1. The van der Waals surface area contributed by atoms with E-state index in [1.54, 1.807) is 36.9 Å². The third kappa shape index (κ3) is 4.45. The quantitative estimate of drug-likeness (QED) is 0.562. The van der Waals surface area contributed by atoms with Gasteiger partial charge in [-0.1, -0.05) is 25.1 Å². The number of thioether (sulfide) groups is 1. The minimum Gasteiger partial charge on any atom is -0.465 e. The molecule has 0 bridgehead atoms. The number of nitrogens with two attached hydrogens (primary N) is 1. The van der Waals surface area contributed by atoms with Crippen LogP contribution in [-0.4, -0.2) is 30.6 Å². The second kappa shape index (κ2) is 9.05. The van der Waals surface area contributed by atoms with Crippen molar-refractivity contribution in [3.8, 4) is 0 Å². The van der Waals surface area contributed by atoms with Crippen molar-refractivity contribution in [1.82, 2.24) is 0 Å². The number of carbonyl (C=O) groups is 1. The molecule has 3 nitrogen and oxygen atoms in total. The molecule has 0 aliphatic heterocycles. The molecule has 1 rings (SSSR count). The summed E-state index contributed by atoms with van der Waals surface area (Å²) in [5.41, 5.74) is 5.13. The summed E-state index contributed by atoms with van der Waals surface area (Å²) in [6.45, 7) is 4.14. The van der Waals surface area contributed by atoms with E-state index >= 15 is 0 Å². The lowest BCUT2D eigenvalue weighted by molar-refractivity contribution is -0.150. The summed E-state index contributed by atoms with van der Waals surface area (Å²) in [6, 6.07) is 6.33. The van der Waals surface area contributed by atoms with Crippen LogP contribution in [0, 0.1) is 5.82 Å². The van der Waals surface area contributed by atoms with E-state index in [2.05, 4.69) is 6.92 Å². The van der Waals surface area contributed by atoms with Gasteiger partial charge in [-0.3, -0.25) is 4.79 Å². The molecule has 0 fully saturated rings. The van der Waals surface area contributed by atoms with Crippen molar-refractivity contribution in [3.05, 3.63) is 35.6 Å². The van der Waals surface area contributed by atoms with Crippen LogP contribution in [0.5, 0.6) is 0 Å². The zero-order chi connectivity index (χ0) is 15.7. The number of rotatable bonds is 9. The first-order valence-electron chi connectivity index (χ1n) is 7.32. The Labute approximate surface area is 130 Å². The molecule has 0 aliphatic rings. The summed E-state index contributed by atoms with van der Waals surface area (Å²) in [5.74, 6) is 1.11. The highest BCUT2D eigenvalue weighted by Crippen LogP contribution is 2.32. The summed E-state index contributed by atoms with van der Waals surface area (Å²) in [5, 5.41) is 0. The van der Waals surface area contributed by atoms with Crippen LogP contribution in [0.2, 0.25) is 0 Å². The molecule has 1 atom stereocenters. The molecule has 1 aromatic carbocycles. The Morgan fingerprint density at radius 2 is 2.10 bits per heavy atom. The highest BCUT2D eigenvalue weighted by atomic mass is 32.2. The van der Waals surface area contributed by atoms with Crippen LogP contribution < -0.4 is 5.73 Å². The van der Waals surface area contributed by atoms with Gasteiger partial charge in [0.15, 0.2) is 0 Å². The van der Waals surface area contributed by atoms with Gasteiger partial charge >= 0.3 is 5.97 Å². The molecule has 5 heteroatoms. The first kappa shape index (κ1) is 18.0. The first-order chi connectivity index (χ1) is 10.1. The Balaban J connectivity index is 3.07. The van der Waals surface area contributed by atoms with Crippen molar-refractivity contribution in [2.75, 3.05) is 24.7 Å². The van der Waals surface area contributed by atoms with Gasteiger partial charge in [0.2, 0.25) is 0 Å². The number of esters is 1. The Morgan fingerprint density at radius 1 is 1.38 bits per heavy atom. The molecule has 0 saturated heterocycles. The summed E-state index contributed by atoms with van der Waals surface area (Å²) in [6.07, 6.45) is 1.29. The molecule has 118 valence electrons. The molecule has 0 spiro atoms. The standard InChI is InChI=1S/C16H24FNO2S/c1-3-20-15(19)16(12-18,10-7-11-21-4-2)13-8-5-6-9-14(13)17/h5-6,8-9H,3-4,7,10-12,18H2,1-2H3. The van der Waals surface area contributed by atoms with Crippen molar-refractivity contribution < 1.29 is 13.9 Å². The predicted molar refractivity (Wildman–Crippen MR) is 86.0 cm³/mol. The molecule has 21 heavy (non-hydrogen) atoms. The van der Waals surface area contributed by atoms with Gasteiger partial charge in [-0.25, -0.2) is 4.39 Å². The summed E-state index contributed by atoms with van der Waals surface area (Å²) in [4.78, 5) is 12.4. The first-order valence-corrected chi connectivity index (χ1v) is 8.47. The normalized spacial score (nSPS) is 13.7. The third-order valence-electron chi connectivity index (χ3n) is 3.50. The fourth-order valence-electron chi connectivity index (χ4n) is 2.38. The van der Waals surface area contributed by atoms with E-state index in [-0.39, 0.29) is 13.2 Å². The largest absolute Gasteiger partial charge is 0.465 e. The molecule has 0 aromatic heterocycles. The topological polar surface area (TPSA) is 52.3 Å². The van der Waals surface area contributed by atoms with Crippen molar-refractivity contribution in [3.63, 3.8) is 0 Å². The Bertz CT molecular complexity index is 456. The van der Waals surface area contributed by atoms with Crippen LogP contribution in [-0.2, 0) is 14.9 Å². The lowest BCUT2D eigenvalue weighted by Gasteiger charge is -2.31. The summed E-state index contributed by atoms with van der Waals surface area (Å²) in [7, 11) is 0. The minimum atomic E-state index is -1.09. The van der Waals surface area contributed by atoms with Gasteiger partial charge in [0, 0.05) is 12.1 Å². The average molecular weight is 313 g/mol. The number of halogens is 1. The maximum atomic E-state index is 14.2. The van der Waals surface area contributed by atoms with Crippen LogP contribution in [0.25, 0.3) is 0 Å². The molecule has 1 unspecified atom stereocenters. The van der Waals surface area contributed by atoms with Gasteiger partial charge in [-0.05, 0) is 37.3 Å². The number of ether oxygens (including phenoxy) is 1. The Hall–Kier alpha value is -1.07. The Morgan fingerprint density at radius 3 is 2.67 bits per heavy atom. The van der Waals surface area contributed by atoms with Crippen LogP contribution in [0.1, 0.15) is 32.3 Å². The van der Waals surface area contributed by atoms with Crippen LogP contribution in [0.3, 0.4) is 0 Å².